The summed E-state index contributed by atoms with van der Waals surface area (Å²) >= 11 is 5.92. The number of hydrogen-bond acceptors (Lipinski definition) is 1. The van der Waals surface area contributed by atoms with Gasteiger partial charge >= 0.3 is 0 Å². The summed E-state index contributed by atoms with van der Waals surface area (Å²) in [7, 11) is 0. The van der Waals surface area contributed by atoms with Gasteiger partial charge in [-0.15, -0.1) is 0 Å². The van der Waals surface area contributed by atoms with Crippen molar-refractivity contribution in [1.82, 2.24) is 5.32 Å². The van der Waals surface area contributed by atoms with Crippen molar-refractivity contribution in [2.75, 3.05) is 6.54 Å². The average molecular weight is 252 g/mol. The van der Waals surface area contributed by atoms with Gasteiger partial charge in [-0.3, -0.25) is 0 Å². The van der Waals surface area contributed by atoms with E-state index in [-0.39, 0.29) is 5.54 Å². The lowest BCUT2D eigenvalue weighted by atomic mass is 10.1. The second-order valence-electron chi connectivity index (χ2n) is 5.27. The Morgan fingerprint density at radius 2 is 2.00 bits per heavy atom. The molecule has 0 saturated heterocycles. The fourth-order valence-electron chi connectivity index (χ4n) is 1.53. The molecule has 2 heteroatoms. The molecule has 1 nitrogen and oxygen atoms in total. The van der Waals surface area contributed by atoms with Crippen molar-refractivity contribution in [2.24, 2.45) is 0 Å². The van der Waals surface area contributed by atoms with Crippen LogP contribution in [0.1, 0.15) is 32.8 Å². The van der Waals surface area contributed by atoms with Crippen molar-refractivity contribution in [2.45, 2.75) is 39.2 Å². The fourth-order valence-corrected chi connectivity index (χ4v) is 1.74. The van der Waals surface area contributed by atoms with Gasteiger partial charge < -0.3 is 5.32 Å². The van der Waals surface area contributed by atoms with Crippen molar-refractivity contribution >= 4 is 11.6 Å². The molecule has 1 aromatic carbocycles. The number of nitrogens with one attached hydrogen (secondary N) is 1. The number of hydrogen-bond donors (Lipinski definition) is 1. The quantitative estimate of drug-likeness (QED) is 0.610. The smallest absolute Gasteiger partial charge is 0.0408 e. The number of benzene rings is 1. The molecule has 1 aromatic rings. The van der Waals surface area contributed by atoms with Crippen LogP contribution in [0.4, 0.5) is 0 Å². The first kappa shape index (κ1) is 14.3. The van der Waals surface area contributed by atoms with E-state index in [9.17, 15) is 0 Å². The Hall–Kier alpha value is -0.790. The first-order valence-electron chi connectivity index (χ1n) is 6.12. The maximum Gasteiger partial charge on any atom is 0.0408 e. The monoisotopic (exact) mass is 251 g/mol. The van der Waals surface area contributed by atoms with E-state index in [1.54, 1.807) is 0 Å². The zero-order chi connectivity index (χ0) is 12.7. The standard InChI is InChI=1S/C15H22ClN/c1-15(2,3)17-11-6-4-5-8-13-9-7-10-14(16)12-13/h4-5,7,9-10,12,17H,6,8,11H2,1-3H3. The van der Waals surface area contributed by atoms with E-state index < -0.39 is 0 Å². The predicted molar refractivity (Wildman–Crippen MR) is 76.7 cm³/mol. The molecule has 0 amide bonds. The van der Waals surface area contributed by atoms with Gasteiger partial charge in [0.1, 0.15) is 0 Å². The second kappa shape index (κ2) is 6.83. The summed E-state index contributed by atoms with van der Waals surface area (Å²) in [5.74, 6) is 0. The molecule has 0 unspecified atom stereocenters. The first-order valence-corrected chi connectivity index (χ1v) is 6.50. The van der Waals surface area contributed by atoms with Gasteiger partial charge in [-0.05, 0) is 57.9 Å². The Morgan fingerprint density at radius 3 is 2.65 bits per heavy atom. The van der Waals surface area contributed by atoms with Crippen LogP contribution in [0.5, 0.6) is 0 Å². The molecule has 94 valence electrons. The third-order valence-electron chi connectivity index (χ3n) is 2.38. The van der Waals surface area contributed by atoms with Crippen LogP contribution in [0, 0.1) is 0 Å². The molecule has 1 rings (SSSR count). The molecule has 0 aromatic heterocycles. The molecule has 0 aliphatic heterocycles. The normalized spacial score (nSPS) is 12.2. The molecular weight excluding hydrogens is 230 g/mol. The van der Waals surface area contributed by atoms with Gasteiger partial charge in [0.2, 0.25) is 0 Å². The Bertz CT molecular complexity index is 363. The zero-order valence-electron chi connectivity index (χ0n) is 11.0. The lowest BCUT2D eigenvalue weighted by Gasteiger charge is -2.19. The highest BCUT2D eigenvalue weighted by Crippen LogP contribution is 2.11. The molecule has 0 spiro atoms. The van der Waals surface area contributed by atoms with E-state index in [0.29, 0.717) is 0 Å². The second-order valence-corrected chi connectivity index (χ2v) is 5.71. The summed E-state index contributed by atoms with van der Waals surface area (Å²) in [5.41, 5.74) is 1.47. The highest BCUT2D eigenvalue weighted by Gasteiger charge is 2.05. The summed E-state index contributed by atoms with van der Waals surface area (Å²) in [6, 6.07) is 8.01. The van der Waals surface area contributed by atoms with Gasteiger partial charge in [0.15, 0.2) is 0 Å². The molecule has 0 bridgehead atoms. The van der Waals surface area contributed by atoms with Crippen LogP contribution in [0.2, 0.25) is 5.02 Å². The van der Waals surface area contributed by atoms with Crippen molar-refractivity contribution in [1.29, 1.82) is 0 Å². The topological polar surface area (TPSA) is 12.0 Å². The van der Waals surface area contributed by atoms with Gasteiger partial charge in [-0.25, -0.2) is 0 Å². The molecule has 0 fully saturated rings. The summed E-state index contributed by atoms with van der Waals surface area (Å²) in [6.07, 6.45) is 6.45. The van der Waals surface area contributed by atoms with E-state index in [1.165, 1.54) is 5.56 Å². The average Bonchev–Trinajstić information content (AvgIpc) is 2.22. The first-order chi connectivity index (χ1) is 7.97. The Balaban J connectivity index is 2.22. The van der Waals surface area contributed by atoms with Crippen LogP contribution in [-0.4, -0.2) is 12.1 Å². The van der Waals surface area contributed by atoms with E-state index >= 15 is 0 Å². The minimum absolute atomic E-state index is 0.209. The molecule has 0 saturated carbocycles. The number of rotatable bonds is 5. The van der Waals surface area contributed by atoms with Gasteiger partial charge in [-0.2, -0.15) is 0 Å². The van der Waals surface area contributed by atoms with Gasteiger partial charge in [-0.1, -0.05) is 35.9 Å². The van der Waals surface area contributed by atoms with E-state index in [1.807, 2.05) is 18.2 Å². The van der Waals surface area contributed by atoms with Gasteiger partial charge in [0.25, 0.3) is 0 Å². The lowest BCUT2D eigenvalue weighted by molar-refractivity contribution is 0.431. The Labute approximate surface area is 110 Å². The number of allylic oxidation sites excluding steroid dienone is 1. The van der Waals surface area contributed by atoms with Crippen molar-refractivity contribution in [3.8, 4) is 0 Å². The SMILES string of the molecule is CC(C)(C)NCCC=CCc1cccc(Cl)c1. The third kappa shape index (κ3) is 7.19. The minimum Gasteiger partial charge on any atom is -0.312 e. The van der Waals surface area contributed by atoms with Crippen LogP contribution < -0.4 is 5.32 Å². The van der Waals surface area contributed by atoms with Crippen LogP contribution in [0.3, 0.4) is 0 Å². The molecule has 17 heavy (non-hydrogen) atoms. The Morgan fingerprint density at radius 1 is 1.24 bits per heavy atom. The highest BCUT2D eigenvalue weighted by atomic mass is 35.5. The maximum atomic E-state index is 5.92. The predicted octanol–water partition coefficient (Wildman–Crippen LogP) is 4.22. The third-order valence-corrected chi connectivity index (χ3v) is 2.61. The molecular formula is C15H22ClN. The summed E-state index contributed by atoms with van der Waals surface area (Å²) < 4.78 is 0. The van der Waals surface area contributed by atoms with E-state index in [4.69, 9.17) is 11.6 Å². The van der Waals surface area contributed by atoms with Crippen LogP contribution >= 0.6 is 11.6 Å². The lowest BCUT2D eigenvalue weighted by Crippen LogP contribution is -2.36. The van der Waals surface area contributed by atoms with Gasteiger partial charge in [0, 0.05) is 10.6 Å². The molecule has 0 heterocycles. The summed E-state index contributed by atoms with van der Waals surface area (Å²) in [6.45, 7) is 7.57. The minimum atomic E-state index is 0.209. The van der Waals surface area contributed by atoms with E-state index in [0.717, 1.165) is 24.4 Å². The maximum absolute atomic E-state index is 5.92. The van der Waals surface area contributed by atoms with Crippen LogP contribution in [0.25, 0.3) is 0 Å². The van der Waals surface area contributed by atoms with Crippen LogP contribution in [0.15, 0.2) is 36.4 Å². The van der Waals surface area contributed by atoms with Gasteiger partial charge in [0.05, 0.1) is 0 Å². The molecule has 1 N–H and O–H groups in total. The summed E-state index contributed by atoms with van der Waals surface area (Å²) in [5, 5.41) is 4.27. The van der Waals surface area contributed by atoms with E-state index in [2.05, 4.69) is 44.3 Å². The van der Waals surface area contributed by atoms with Crippen molar-refractivity contribution in [3.05, 3.63) is 47.0 Å². The highest BCUT2D eigenvalue weighted by molar-refractivity contribution is 6.30. The van der Waals surface area contributed by atoms with Crippen LogP contribution in [-0.2, 0) is 6.42 Å². The molecule has 0 aliphatic carbocycles. The zero-order valence-corrected chi connectivity index (χ0v) is 11.7. The molecule has 0 atom stereocenters. The molecule has 0 radical (unpaired) electrons. The number of halogens is 1. The largest absolute Gasteiger partial charge is 0.312 e. The molecule has 0 aliphatic rings. The Kier molecular flexibility index (Phi) is 5.73. The fraction of sp³-hybridized carbons (Fsp3) is 0.467. The van der Waals surface area contributed by atoms with Crippen molar-refractivity contribution < 1.29 is 0 Å². The summed E-state index contributed by atoms with van der Waals surface area (Å²) in [4.78, 5) is 0. The van der Waals surface area contributed by atoms with Crippen molar-refractivity contribution in [3.63, 3.8) is 0 Å².